The molecule has 2 heterocycles. The van der Waals surface area contributed by atoms with Gasteiger partial charge in [-0.25, -0.2) is 9.97 Å². The molecule has 1 saturated heterocycles. The van der Waals surface area contributed by atoms with E-state index in [9.17, 15) is 4.79 Å². The largest absolute Gasteiger partial charge is 0.383 e. The molecule has 19 heavy (non-hydrogen) atoms. The molecule has 6 heteroatoms. The Labute approximate surface area is 113 Å². The van der Waals surface area contributed by atoms with Gasteiger partial charge in [0, 0.05) is 31.0 Å². The second-order valence-electron chi connectivity index (χ2n) is 4.93. The third-order valence-electron chi connectivity index (χ3n) is 3.30. The fourth-order valence-electron chi connectivity index (χ4n) is 2.14. The predicted octanol–water partition coefficient (Wildman–Crippen LogP) is 1.01. The number of rotatable bonds is 5. The van der Waals surface area contributed by atoms with Crippen molar-refractivity contribution in [3.05, 3.63) is 11.4 Å². The molecule has 2 rings (SSSR count). The van der Waals surface area contributed by atoms with Crippen molar-refractivity contribution in [3.8, 4) is 0 Å². The molecule has 0 aliphatic carbocycles. The van der Waals surface area contributed by atoms with Crippen molar-refractivity contribution in [2.75, 3.05) is 17.6 Å². The molecule has 1 unspecified atom stereocenters. The van der Waals surface area contributed by atoms with Gasteiger partial charge in [0.05, 0.1) is 0 Å². The van der Waals surface area contributed by atoms with Crippen molar-refractivity contribution >= 4 is 17.5 Å². The van der Waals surface area contributed by atoms with Crippen LogP contribution in [0.1, 0.15) is 37.6 Å². The van der Waals surface area contributed by atoms with E-state index in [1.807, 2.05) is 6.92 Å². The lowest BCUT2D eigenvalue weighted by Gasteiger charge is -2.15. The molecule has 0 bridgehead atoms. The molecule has 1 aromatic rings. The molecule has 4 N–H and O–H groups in total. The van der Waals surface area contributed by atoms with E-state index in [0.717, 1.165) is 36.5 Å². The third-order valence-corrected chi connectivity index (χ3v) is 3.30. The Balaban J connectivity index is 2.04. The molecule has 1 aromatic heterocycles. The molecule has 0 saturated carbocycles. The average Bonchev–Trinajstić information content (AvgIpc) is 2.78. The van der Waals surface area contributed by atoms with Crippen molar-refractivity contribution in [3.63, 3.8) is 0 Å². The minimum atomic E-state index is 0.123. The van der Waals surface area contributed by atoms with Gasteiger partial charge in [-0.15, -0.1) is 0 Å². The van der Waals surface area contributed by atoms with Gasteiger partial charge in [0.25, 0.3) is 0 Å². The van der Waals surface area contributed by atoms with Gasteiger partial charge in [-0.1, -0.05) is 6.92 Å². The normalized spacial score (nSPS) is 18.4. The number of aromatic nitrogens is 2. The molecule has 104 valence electrons. The Kier molecular flexibility index (Phi) is 4.19. The summed E-state index contributed by atoms with van der Waals surface area (Å²) in [5.41, 5.74) is 6.76. The van der Waals surface area contributed by atoms with Crippen LogP contribution in [-0.4, -0.2) is 28.5 Å². The lowest BCUT2D eigenvalue weighted by Crippen LogP contribution is -2.32. The van der Waals surface area contributed by atoms with E-state index >= 15 is 0 Å². The van der Waals surface area contributed by atoms with Crippen molar-refractivity contribution in [1.29, 1.82) is 0 Å². The molecule has 1 atom stereocenters. The van der Waals surface area contributed by atoms with Crippen LogP contribution in [0.25, 0.3) is 0 Å². The van der Waals surface area contributed by atoms with Crippen molar-refractivity contribution in [2.24, 2.45) is 0 Å². The van der Waals surface area contributed by atoms with Crippen LogP contribution in [0.5, 0.6) is 0 Å². The minimum Gasteiger partial charge on any atom is -0.383 e. The smallest absolute Gasteiger partial charge is 0.220 e. The number of carbonyl (C=O) groups excluding carboxylic acids is 1. The number of nitrogens with one attached hydrogen (secondary N) is 2. The Morgan fingerprint density at radius 3 is 2.89 bits per heavy atom. The minimum absolute atomic E-state index is 0.123. The van der Waals surface area contributed by atoms with Crippen LogP contribution in [0.4, 0.5) is 11.6 Å². The third kappa shape index (κ3) is 3.33. The summed E-state index contributed by atoms with van der Waals surface area (Å²) < 4.78 is 0. The summed E-state index contributed by atoms with van der Waals surface area (Å²) in [7, 11) is 0. The summed E-state index contributed by atoms with van der Waals surface area (Å²) in [4.78, 5) is 19.9. The van der Waals surface area contributed by atoms with Gasteiger partial charge in [-0.3, -0.25) is 4.79 Å². The van der Waals surface area contributed by atoms with Crippen LogP contribution in [-0.2, 0) is 11.2 Å². The fourth-order valence-corrected chi connectivity index (χ4v) is 2.14. The molecular formula is C13H21N5O. The van der Waals surface area contributed by atoms with Gasteiger partial charge in [-0.2, -0.15) is 0 Å². The summed E-state index contributed by atoms with van der Waals surface area (Å²) in [6.45, 7) is 4.66. The summed E-state index contributed by atoms with van der Waals surface area (Å²) in [6, 6.07) is 0.178. The lowest BCUT2D eigenvalue weighted by molar-refractivity contribution is -0.119. The summed E-state index contributed by atoms with van der Waals surface area (Å²) in [6.07, 6.45) is 3.28. The van der Waals surface area contributed by atoms with Gasteiger partial charge >= 0.3 is 0 Å². The highest BCUT2D eigenvalue weighted by Gasteiger charge is 2.20. The highest BCUT2D eigenvalue weighted by atomic mass is 16.1. The zero-order valence-electron chi connectivity index (χ0n) is 11.5. The van der Waals surface area contributed by atoms with Crippen molar-refractivity contribution in [2.45, 2.75) is 45.6 Å². The Hall–Kier alpha value is -1.85. The maximum absolute atomic E-state index is 11.1. The van der Waals surface area contributed by atoms with E-state index < -0.39 is 0 Å². The topological polar surface area (TPSA) is 92.9 Å². The van der Waals surface area contributed by atoms with Crippen LogP contribution in [0.2, 0.25) is 0 Å². The van der Waals surface area contributed by atoms with Gasteiger partial charge in [0.15, 0.2) is 0 Å². The second-order valence-corrected chi connectivity index (χ2v) is 4.93. The maximum Gasteiger partial charge on any atom is 0.220 e. The number of carbonyl (C=O) groups is 1. The Morgan fingerprint density at radius 1 is 1.47 bits per heavy atom. The van der Waals surface area contributed by atoms with Gasteiger partial charge in [0.2, 0.25) is 5.91 Å². The summed E-state index contributed by atoms with van der Waals surface area (Å²) in [5, 5.41) is 6.19. The number of anilines is 2. The number of nitrogens with zero attached hydrogens (tertiary/aromatic N) is 2. The number of hydrogen-bond donors (Lipinski definition) is 3. The number of amides is 1. The molecule has 0 aromatic carbocycles. The molecule has 1 amide bonds. The maximum atomic E-state index is 11.1. The first kappa shape index (κ1) is 13.6. The van der Waals surface area contributed by atoms with E-state index in [4.69, 9.17) is 5.73 Å². The van der Waals surface area contributed by atoms with Crippen LogP contribution in [0, 0.1) is 6.92 Å². The van der Waals surface area contributed by atoms with E-state index in [1.165, 1.54) is 0 Å². The number of hydrogen-bond acceptors (Lipinski definition) is 5. The monoisotopic (exact) mass is 263 g/mol. The number of nitrogen functional groups attached to an aromatic ring is 1. The highest BCUT2D eigenvalue weighted by molar-refractivity contribution is 5.78. The standard InChI is InChI=1S/C13H21N5O/c1-3-4-10-17-12(14)8(2)13(18-10)15-7-9-5-6-11(19)16-9/h9H,3-7H2,1-2H3,(H,16,19)(H3,14,15,17,18). The molecule has 0 spiro atoms. The summed E-state index contributed by atoms with van der Waals surface area (Å²) in [5.74, 6) is 2.19. The zero-order chi connectivity index (χ0) is 13.8. The van der Waals surface area contributed by atoms with E-state index in [-0.39, 0.29) is 11.9 Å². The van der Waals surface area contributed by atoms with Gasteiger partial charge in [0.1, 0.15) is 17.5 Å². The van der Waals surface area contributed by atoms with E-state index in [0.29, 0.717) is 18.8 Å². The Morgan fingerprint density at radius 2 is 2.26 bits per heavy atom. The summed E-state index contributed by atoms with van der Waals surface area (Å²) >= 11 is 0. The molecule has 1 aliphatic heterocycles. The second kappa shape index (κ2) is 5.86. The first-order chi connectivity index (χ1) is 9.10. The zero-order valence-corrected chi connectivity index (χ0v) is 11.5. The van der Waals surface area contributed by atoms with Crippen molar-refractivity contribution < 1.29 is 4.79 Å². The van der Waals surface area contributed by atoms with Crippen LogP contribution >= 0.6 is 0 Å². The molecular weight excluding hydrogens is 242 g/mol. The molecule has 6 nitrogen and oxygen atoms in total. The first-order valence-corrected chi connectivity index (χ1v) is 6.76. The predicted molar refractivity (Wildman–Crippen MR) is 74.8 cm³/mol. The van der Waals surface area contributed by atoms with Crippen LogP contribution in [0.15, 0.2) is 0 Å². The quantitative estimate of drug-likeness (QED) is 0.737. The van der Waals surface area contributed by atoms with Gasteiger partial charge in [-0.05, 0) is 19.8 Å². The fraction of sp³-hybridized carbons (Fsp3) is 0.615. The van der Waals surface area contributed by atoms with E-state index in [1.54, 1.807) is 0 Å². The SMILES string of the molecule is CCCc1nc(N)c(C)c(NCC2CCC(=O)N2)n1. The average molecular weight is 263 g/mol. The number of aryl methyl sites for hydroxylation is 1. The van der Waals surface area contributed by atoms with Crippen molar-refractivity contribution in [1.82, 2.24) is 15.3 Å². The first-order valence-electron chi connectivity index (χ1n) is 6.76. The molecule has 1 fully saturated rings. The lowest BCUT2D eigenvalue weighted by atomic mass is 10.2. The Bertz CT molecular complexity index is 474. The molecule has 1 aliphatic rings. The van der Waals surface area contributed by atoms with E-state index in [2.05, 4.69) is 27.5 Å². The number of nitrogens with two attached hydrogens (primary N) is 1. The van der Waals surface area contributed by atoms with Crippen LogP contribution in [0.3, 0.4) is 0 Å². The molecule has 0 radical (unpaired) electrons. The van der Waals surface area contributed by atoms with Gasteiger partial charge < -0.3 is 16.4 Å². The highest BCUT2D eigenvalue weighted by Crippen LogP contribution is 2.18. The van der Waals surface area contributed by atoms with Crippen LogP contribution < -0.4 is 16.4 Å².